The summed E-state index contributed by atoms with van der Waals surface area (Å²) in [5.41, 5.74) is -1.22. The Balaban J connectivity index is 1.47. The summed E-state index contributed by atoms with van der Waals surface area (Å²) in [6.07, 6.45) is -8.88. The summed E-state index contributed by atoms with van der Waals surface area (Å²) in [4.78, 5) is 23.0. The summed E-state index contributed by atoms with van der Waals surface area (Å²) in [5, 5.41) is 22.6. The summed E-state index contributed by atoms with van der Waals surface area (Å²) in [5.74, 6) is -0.553. The van der Waals surface area contributed by atoms with E-state index in [0.717, 1.165) is 30.0 Å². The van der Waals surface area contributed by atoms with Crippen molar-refractivity contribution in [2.75, 3.05) is 10.2 Å². The van der Waals surface area contributed by atoms with Crippen LogP contribution in [0.25, 0.3) is 0 Å². The van der Waals surface area contributed by atoms with Crippen molar-refractivity contribution in [3.05, 3.63) is 112 Å². The van der Waals surface area contributed by atoms with E-state index in [0.29, 0.717) is 12.5 Å². The second kappa shape index (κ2) is 13.2. The largest absolute Gasteiger partial charge is 0.504 e. The first-order valence-corrected chi connectivity index (χ1v) is 14.4. The Labute approximate surface area is 265 Å². The average molecular weight is 656 g/mol. The second-order valence-corrected chi connectivity index (χ2v) is 10.9. The number of aromatic hydroxyl groups is 1. The number of carbonyl (C=O) groups excluding carboxylic acids is 1. The normalized spacial score (nSPS) is 16.3. The van der Waals surface area contributed by atoms with Crippen LogP contribution in [-0.2, 0) is 30.1 Å². The number of hydrogen-bond donors (Lipinski definition) is 2. The second-order valence-electron chi connectivity index (χ2n) is 10.9. The first-order chi connectivity index (χ1) is 22.3. The van der Waals surface area contributed by atoms with E-state index in [1.165, 1.54) is 17.0 Å². The average Bonchev–Trinajstić information content (AvgIpc) is 3.04. The third-order valence-corrected chi connectivity index (χ3v) is 7.71. The van der Waals surface area contributed by atoms with Crippen LogP contribution in [-0.4, -0.2) is 27.2 Å². The quantitative estimate of drug-likeness (QED) is 0.193. The Morgan fingerprint density at radius 1 is 1.02 bits per heavy atom. The van der Waals surface area contributed by atoms with Crippen LogP contribution in [0.1, 0.15) is 64.9 Å². The van der Waals surface area contributed by atoms with Gasteiger partial charge in [-0.2, -0.15) is 31.6 Å². The van der Waals surface area contributed by atoms with E-state index in [1.54, 1.807) is 36.4 Å². The van der Waals surface area contributed by atoms with Crippen molar-refractivity contribution in [2.45, 2.75) is 57.2 Å². The molecule has 2 atom stereocenters. The Morgan fingerprint density at radius 2 is 1.74 bits per heavy atom. The first-order valence-electron chi connectivity index (χ1n) is 14.4. The molecule has 0 aliphatic carbocycles. The molecule has 1 aliphatic rings. The third kappa shape index (κ3) is 7.57. The van der Waals surface area contributed by atoms with Gasteiger partial charge in [-0.25, -0.2) is 14.8 Å². The lowest BCUT2D eigenvalue weighted by atomic mass is 9.89. The van der Waals surface area contributed by atoms with E-state index < -0.39 is 47.4 Å². The zero-order valence-corrected chi connectivity index (χ0v) is 24.7. The summed E-state index contributed by atoms with van der Waals surface area (Å²) in [7, 11) is 0. The molecule has 0 saturated heterocycles. The van der Waals surface area contributed by atoms with Crippen molar-refractivity contribution in [1.82, 2.24) is 9.97 Å². The van der Waals surface area contributed by atoms with Gasteiger partial charge in [0.1, 0.15) is 6.61 Å². The molecule has 0 bridgehead atoms. The molecule has 1 aliphatic heterocycles. The number of rotatable bonds is 7. The Kier molecular flexibility index (Phi) is 9.28. The van der Waals surface area contributed by atoms with Crippen LogP contribution in [0.2, 0.25) is 0 Å². The number of nitriles is 1. The van der Waals surface area contributed by atoms with E-state index in [1.807, 2.05) is 6.92 Å². The number of nitrogens with zero attached hydrogens (tertiary/aromatic N) is 4. The monoisotopic (exact) mass is 655 g/mol. The minimum Gasteiger partial charge on any atom is -0.504 e. The Morgan fingerprint density at radius 3 is 2.40 bits per heavy atom. The van der Waals surface area contributed by atoms with Gasteiger partial charge in [0.2, 0.25) is 5.95 Å². The fourth-order valence-electron chi connectivity index (χ4n) is 5.43. The number of benzene rings is 3. The van der Waals surface area contributed by atoms with Crippen LogP contribution in [0.15, 0.2) is 72.9 Å². The number of ether oxygens (including phenoxy) is 1. The Bertz CT molecular complexity index is 1810. The van der Waals surface area contributed by atoms with E-state index in [4.69, 9.17) is 4.74 Å². The zero-order chi connectivity index (χ0) is 33.9. The predicted molar refractivity (Wildman–Crippen MR) is 158 cm³/mol. The molecule has 2 N–H and O–H groups in total. The van der Waals surface area contributed by atoms with E-state index in [2.05, 4.69) is 15.3 Å². The number of amides is 1. The standard InChI is InChI=1S/C33H27F6N5O3/c1-2-24-15-26(42-30-41-17-29(45)27(43-30)13-20-10-21(16-40)12-23(11-20)33(37,38)39)25-14-22(32(34,35)36)8-9-28(25)44(24)31(46)47-18-19-6-4-3-5-7-19/h3-12,14,17,24,26,45H,2,13,15,18H2,1H3,(H,41,42,43)/t24-,26+/m1/s1. The molecule has 2 heterocycles. The smallest absolute Gasteiger partial charge is 0.416 e. The summed E-state index contributed by atoms with van der Waals surface area (Å²) >= 11 is 0. The van der Waals surface area contributed by atoms with Gasteiger partial charge < -0.3 is 15.2 Å². The van der Waals surface area contributed by atoms with Gasteiger partial charge in [-0.3, -0.25) is 4.90 Å². The summed E-state index contributed by atoms with van der Waals surface area (Å²) < 4.78 is 87.2. The number of hydrogen-bond acceptors (Lipinski definition) is 7. The fraction of sp³-hybridized carbons (Fsp3) is 0.273. The van der Waals surface area contributed by atoms with Gasteiger partial charge in [0.15, 0.2) is 5.75 Å². The van der Waals surface area contributed by atoms with Gasteiger partial charge in [-0.05, 0) is 65.9 Å². The molecule has 4 aromatic rings. The molecular formula is C33H27F6N5O3. The molecule has 0 unspecified atom stereocenters. The molecule has 244 valence electrons. The Hall–Kier alpha value is -5.32. The van der Waals surface area contributed by atoms with Gasteiger partial charge in [0.05, 0.1) is 46.4 Å². The molecule has 0 radical (unpaired) electrons. The summed E-state index contributed by atoms with van der Waals surface area (Å²) in [6.45, 7) is 1.77. The molecule has 1 aromatic heterocycles. The molecule has 0 spiro atoms. The minimum absolute atomic E-state index is 0.0455. The van der Waals surface area contributed by atoms with Crippen LogP contribution in [0.5, 0.6) is 5.75 Å². The highest BCUT2D eigenvalue weighted by molar-refractivity contribution is 5.90. The van der Waals surface area contributed by atoms with Crippen LogP contribution >= 0.6 is 0 Å². The molecule has 47 heavy (non-hydrogen) atoms. The van der Waals surface area contributed by atoms with Gasteiger partial charge in [0.25, 0.3) is 0 Å². The first kappa shape index (κ1) is 33.1. The number of fused-ring (bicyclic) bond motifs is 1. The van der Waals surface area contributed by atoms with Gasteiger partial charge in [-0.1, -0.05) is 37.3 Å². The third-order valence-electron chi connectivity index (χ3n) is 7.71. The van der Waals surface area contributed by atoms with Crippen LogP contribution in [0, 0.1) is 11.3 Å². The minimum atomic E-state index is -4.72. The zero-order valence-electron chi connectivity index (χ0n) is 24.7. The number of nitrogens with one attached hydrogen (secondary N) is 1. The highest BCUT2D eigenvalue weighted by atomic mass is 19.4. The molecule has 0 fully saturated rings. The van der Waals surface area contributed by atoms with Crippen molar-refractivity contribution in [3.8, 4) is 11.8 Å². The van der Waals surface area contributed by atoms with E-state index >= 15 is 0 Å². The van der Waals surface area contributed by atoms with Crippen molar-refractivity contribution in [3.63, 3.8) is 0 Å². The lowest BCUT2D eigenvalue weighted by Crippen LogP contribution is -2.46. The van der Waals surface area contributed by atoms with Gasteiger partial charge >= 0.3 is 18.4 Å². The molecule has 8 nitrogen and oxygen atoms in total. The maximum absolute atomic E-state index is 13.8. The fourth-order valence-corrected chi connectivity index (χ4v) is 5.43. The highest BCUT2D eigenvalue weighted by Crippen LogP contribution is 2.43. The number of carbonyl (C=O) groups is 1. The topological polar surface area (TPSA) is 111 Å². The van der Waals surface area contributed by atoms with E-state index in [9.17, 15) is 41.5 Å². The lowest BCUT2D eigenvalue weighted by Gasteiger charge is -2.40. The van der Waals surface area contributed by atoms with Crippen molar-refractivity contribution < 1.29 is 41.0 Å². The maximum Gasteiger partial charge on any atom is 0.416 e. The maximum atomic E-state index is 13.8. The number of anilines is 2. The molecule has 0 saturated carbocycles. The number of alkyl halides is 6. The van der Waals surface area contributed by atoms with Crippen LogP contribution in [0.4, 0.5) is 42.8 Å². The van der Waals surface area contributed by atoms with Crippen molar-refractivity contribution in [1.29, 1.82) is 5.26 Å². The molecule has 3 aromatic carbocycles. The molecule has 1 amide bonds. The number of halogens is 6. The lowest BCUT2D eigenvalue weighted by molar-refractivity contribution is -0.138. The molecule has 5 rings (SSSR count). The molecule has 14 heteroatoms. The van der Waals surface area contributed by atoms with Crippen molar-refractivity contribution in [2.24, 2.45) is 0 Å². The highest BCUT2D eigenvalue weighted by Gasteiger charge is 2.39. The molecular weight excluding hydrogens is 628 g/mol. The number of aromatic nitrogens is 2. The van der Waals surface area contributed by atoms with Crippen molar-refractivity contribution >= 4 is 17.7 Å². The van der Waals surface area contributed by atoms with E-state index in [-0.39, 0.29) is 53.5 Å². The SMILES string of the molecule is CC[C@@H]1C[C@H](Nc2ncc(O)c(Cc3cc(C#N)cc(C(F)(F)F)c3)n2)c2cc(C(F)(F)F)ccc2N1C(=O)OCc1ccccc1. The van der Waals surface area contributed by atoms with Crippen LogP contribution in [0.3, 0.4) is 0 Å². The van der Waals surface area contributed by atoms with Gasteiger partial charge in [-0.15, -0.1) is 0 Å². The van der Waals surface area contributed by atoms with Gasteiger partial charge in [0, 0.05) is 12.5 Å². The summed E-state index contributed by atoms with van der Waals surface area (Å²) in [6, 6.07) is 15.0. The van der Waals surface area contributed by atoms with Crippen LogP contribution < -0.4 is 10.2 Å². The predicted octanol–water partition coefficient (Wildman–Crippen LogP) is 8.16.